The molecular formula is C13H13FN2O4S2. The van der Waals surface area contributed by atoms with Gasteiger partial charge in [-0.15, -0.1) is 11.3 Å². The number of carbonyl (C=O) groups is 1. The number of hydrogen-bond donors (Lipinski definition) is 2. The van der Waals surface area contributed by atoms with Crippen molar-refractivity contribution >= 4 is 27.3 Å². The van der Waals surface area contributed by atoms with Gasteiger partial charge in [-0.25, -0.2) is 17.9 Å². The van der Waals surface area contributed by atoms with Crippen LogP contribution in [0.4, 0.5) is 4.39 Å². The van der Waals surface area contributed by atoms with Gasteiger partial charge in [0.15, 0.2) is 6.61 Å². The summed E-state index contributed by atoms with van der Waals surface area (Å²) in [6.45, 7) is -0.109. The van der Waals surface area contributed by atoms with Crippen LogP contribution in [0.1, 0.15) is 4.88 Å². The van der Waals surface area contributed by atoms with Gasteiger partial charge in [0, 0.05) is 10.9 Å². The molecule has 0 saturated carbocycles. The van der Waals surface area contributed by atoms with Crippen molar-refractivity contribution in [3.05, 3.63) is 47.1 Å². The van der Waals surface area contributed by atoms with Crippen LogP contribution in [0.2, 0.25) is 0 Å². The summed E-state index contributed by atoms with van der Waals surface area (Å²) in [5, 5.41) is 7.56. The molecule has 9 heteroatoms. The number of thiophene rings is 1. The Morgan fingerprint density at radius 3 is 2.73 bits per heavy atom. The van der Waals surface area contributed by atoms with Crippen LogP contribution in [0.15, 0.2) is 40.6 Å². The average Bonchev–Trinajstić information content (AvgIpc) is 2.92. The van der Waals surface area contributed by atoms with E-state index in [-0.39, 0.29) is 23.1 Å². The molecule has 0 atom stereocenters. The number of benzene rings is 1. The Kier molecular flexibility index (Phi) is 5.11. The molecule has 0 bridgehead atoms. The minimum atomic E-state index is -3.73. The van der Waals surface area contributed by atoms with Crippen LogP contribution in [-0.2, 0) is 21.4 Å². The van der Waals surface area contributed by atoms with E-state index in [1.165, 1.54) is 30.3 Å². The second-order valence-electron chi connectivity index (χ2n) is 4.29. The molecule has 3 N–H and O–H groups in total. The van der Waals surface area contributed by atoms with Gasteiger partial charge in [0.05, 0.1) is 6.54 Å². The largest absolute Gasteiger partial charge is 0.484 e. The summed E-state index contributed by atoms with van der Waals surface area (Å²) >= 11 is 0.980. The molecule has 0 saturated heterocycles. The molecule has 0 aliphatic carbocycles. The van der Waals surface area contributed by atoms with E-state index in [1.54, 1.807) is 6.07 Å². The van der Waals surface area contributed by atoms with Gasteiger partial charge in [0.25, 0.3) is 5.91 Å². The fourth-order valence-electron chi connectivity index (χ4n) is 1.55. The molecule has 22 heavy (non-hydrogen) atoms. The molecule has 0 spiro atoms. The van der Waals surface area contributed by atoms with Crippen molar-refractivity contribution in [2.75, 3.05) is 6.61 Å². The fourth-order valence-corrected chi connectivity index (χ4v) is 3.27. The maximum atomic E-state index is 12.9. The van der Waals surface area contributed by atoms with Crippen LogP contribution in [0.3, 0.4) is 0 Å². The number of amides is 1. The van der Waals surface area contributed by atoms with Crippen LogP contribution in [0.5, 0.6) is 5.75 Å². The number of halogens is 1. The van der Waals surface area contributed by atoms with Crippen molar-refractivity contribution in [1.29, 1.82) is 0 Å². The van der Waals surface area contributed by atoms with E-state index in [9.17, 15) is 17.6 Å². The summed E-state index contributed by atoms with van der Waals surface area (Å²) in [7, 11) is -3.73. The number of sulfonamides is 1. The van der Waals surface area contributed by atoms with E-state index in [4.69, 9.17) is 9.88 Å². The van der Waals surface area contributed by atoms with E-state index < -0.39 is 21.7 Å². The van der Waals surface area contributed by atoms with Gasteiger partial charge in [-0.3, -0.25) is 4.79 Å². The summed E-state index contributed by atoms with van der Waals surface area (Å²) in [6, 6.07) is 8.40. The lowest BCUT2D eigenvalue weighted by Crippen LogP contribution is -2.28. The van der Waals surface area contributed by atoms with Crippen molar-refractivity contribution in [3.8, 4) is 5.75 Å². The first-order valence-electron chi connectivity index (χ1n) is 6.11. The molecule has 0 fully saturated rings. The third-order valence-electron chi connectivity index (χ3n) is 2.54. The highest BCUT2D eigenvalue weighted by molar-refractivity contribution is 7.91. The molecule has 0 aliphatic heterocycles. The molecule has 2 aromatic rings. The van der Waals surface area contributed by atoms with E-state index >= 15 is 0 Å². The van der Waals surface area contributed by atoms with Crippen LogP contribution >= 0.6 is 11.3 Å². The topological polar surface area (TPSA) is 98.5 Å². The molecule has 6 nitrogen and oxygen atoms in total. The predicted molar refractivity (Wildman–Crippen MR) is 79.4 cm³/mol. The first-order chi connectivity index (χ1) is 10.3. The van der Waals surface area contributed by atoms with Crippen LogP contribution in [0, 0.1) is 5.82 Å². The standard InChI is InChI=1S/C13H13FN2O4S2/c14-9-2-1-3-10(6-9)20-8-12(17)16-7-11-4-5-13(21-11)22(15,18)19/h1-6H,7-8H2,(H,16,17)(H2,15,18,19). The molecule has 1 heterocycles. The quantitative estimate of drug-likeness (QED) is 0.823. The Morgan fingerprint density at radius 1 is 1.32 bits per heavy atom. The van der Waals surface area contributed by atoms with Gasteiger partial charge in [-0.05, 0) is 24.3 Å². The normalized spacial score (nSPS) is 11.2. The Labute approximate surface area is 130 Å². The third-order valence-corrected chi connectivity index (χ3v) is 5.07. The zero-order chi connectivity index (χ0) is 16.2. The van der Waals surface area contributed by atoms with Crippen LogP contribution in [-0.4, -0.2) is 20.9 Å². The number of ether oxygens (including phenoxy) is 1. The number of carbonyl (C=O) groups excluding carboxylic acids is 1. The van der Waals surface area contributed by atoms with E-state index in [1.807, 2.05) is 0 Å². The maximum absolute atomic E-state index is 12.9. The highest BCUT2D eigenvalue weighted by Crippen LogP contribution is 2.19. The van der Waals surface area contributed by atoms with E-state index in [2.05, 4.69) is 5.32 Å². The van der Waals surface area contributed by atoms with E-state index in [0.717, 1.165) is 11.3 Å². The van der Waals surface area contributed by atoms with Gasteiger partial charge in [-0.2, -0.15) is 0 Å². The molecule has 1 amide bonds. The first-order valence-corrected chi connectivity index (χ1v) is 8.47. The number of nitrogens with two attached hydrogens (primary N) is 1. The summed E-state index contributed by atoms with van der Waals surface area (Å²) < 4.78 is 40.3. The summed E-state index contributed by atoms with van der Waals surface area (Å²) in [4.78, 5) is 12.3. The summed E-state index contributed by atoms with van der Waals surface area (Å²) in [5.41, 5.74) is 0. The van der Waals surface area contributed by atoms with Crippen LogP contribution < -0.4 is 15.2 Å². The minimum Gasteiger partial charge on any atom is -0.484 e. The molecule has 1 aromatic carbocycles. The average molecular weight is 344 g/mol. The molecule has 1 aromatic heterocycles. The van der Waals surface area contributed by atoms with Gasteiger partial charge in [0.2, 0.25) is 10.0 Å². The highest BCUT2D eigenvalue weighted by atomic mass is 32.2. The summed E-state index contributed by atoms with van der Waals surface area (Å²) in [5.74, 6) is -0.607. The van der Waals surface area contributed by atoms with Gasteiger partial charge < -0.3 is 10.1 Å². The number of nitrogens with one attached hydrogen (secondary N) is 1. The predicted octanol–water partition coefficient (Wildman–Crippen LogP) is 1.23. The van der Waals surface area contributed by atoms with Crippen molar-refractivity contribution < 1.29 is 22.3 Å². The number of primary sulfonamides is 1. The molecule has 0 radical (unpaired) electrons. The SMILES string of the molecule is NS(=O)(=O)c1ccc(CNC(=O)COc2cccc(F)c2)s1. The number of hydrogen-bond acceptors (Lipinski definition) is 5. The molecule has 2 rings (SSSR count). The van der Waals surface area contributed by atoms with Gasteiger partial charge >= 0.3 is 0 Å². The lowest BCUT2D eigenvalue weighted by Gasteiger charge is -2.06. The summed E-state index contributed by atoms with van der Waals surface area (Å²) in [6.07, 6.45) is 0. The molecule has 0 unspecified atom stereocenters. The Balaban J connectivity index is 1.82. The van der Waals surface area contributed by atoms with E-state index in [0.29, 0.717) is 4.88 Å². The Hall–Kier alpha value is -1.97. The maximum Gasteiger partial charge on any atom is 0.258 e. The second kappa shape index (κ2) is 6.86. The lowest BCUT2D eigenvalue weighted by molar-refractivity contribution is -0.123. The molecular weight excluding hydrogens is 331 g/mol. The Morgan fingerprint density at radius 2 is 2.09 bits per heavy atom. The third kappa shape index (κ3) is 4.79. The molecule has 118 valence electrons. The zero-order valence-electron chi connectivity index (χ0n) is 11.3. The fraction of sp³-hybridized carbons (Fsp3) is 0.154. The minimum absolute atomic E-state index is 0.0350. The second-order valence-corrected chi connectivity index (χ2v) is 7.25. The smallest absolute Gasteiger partial charge is 0.258 e. The van der Waals surface area contributed by atoms with Crippen molar-refractivity contribution in [2.45, 2.75) is 10.8 Å². The van der Waals surface area contributed by atoms with Crippen LogP contribution in [0.25, 0.3) is 0 Å². The van der Waals surface area contributed by atoms with Crippen molar-refractivity contribution in [1.82, 2.24) is 5.32 Å². The molecule has 0 aliphatic rings. The monoisotopic (exact) mass is 344 g/mol. The van der Waals surface area contributed by atoms with Crippen molar-refractivity contribution in [2.24, 2.45) is 5.14 Å². The first kappa shape index (κ1) is 16.4. The number of rotatable bonds is 6. The highest BCUT2D eigenvalue weighted by Gasteiger charge is 2.11. The van der Waals surface area contributed by atoms with Crippen molar-refractivity contribution in [3.63, 3.8) is 0 Å². The van der Waals surface area contributed by atoms with Gasteiger partial charge in [0.1, 0.15) is 15.8 Å². The zero-order valence-corrected chi connectivity index (χ0v) is 12.9. The van der Waals surface area contributed by atoms with Gasteiger partial charge in [-0.1, -0.05) is 6.07 Å². The Bertz CT molecular complexity index is 774. The lowest BCUT2D eigenvalue weighted by atomic mass is 10.3.